The SMILES string of the molecule is Cc1ncc(Cl)cc1C(=O)N[C@H]1CC[C@H](Cn2c(=O)n(-c3cnc4[nH]cc(C)c4c3)c3ncccc32)CC1. The summed E-state index contributed by atoms with van der Waals surface area (Å²) in [5.74, 6) is 0.178. The molecule has 1 aliphatic rings. The zero-order valence-corrected chi connectivity index (χ0v) is 22.0. The van der Waals surface area contributed by atoms with E-state index in [1.807, 2.05) is 35.9 Å². The van der Waals surface area contributed by atoms with Gasteiger partial charge in [-0.25, -0.2) is 19.3 Å². The first-order chi connectivity index (χ1) is 18.4. The predicted molar refractivity (Wildman–Crippen MR) is 147 cm³/mol. The van der Waals surface area contributed by atoms with Gasteiger partial charge in [-0.05, 0) is 75.3 Å². The second-order valence-corrected chi connectivity index (χ2v) is 10.6. The number of pyridine rings is 3. The molecule has 0 aromatic carbocycles. The lowest BCUT2D eigenvalue weighted by Crippen LogP contribution is -2.39. The number of amides is 1. The number of nitrogens with one attached hydrogen (secondary N) is 2. The highest BCUT2D eigenvalue weighted by atomic mass is 35.5. The molecule has 0 atom stereocenters. The zero-order valence-electron chi connectivity index (χ0n) is 21.2. The normalized spacial score (nSPS) is 17.8. The number of hydrogen-bond donors (Lipinski definition) is 2. The second kappa shape index (κ2) is 9.72. The van der Waals surface area contributed by atoms with Crippen LogP contribution in [0.15, 0.2) is 53.8 Å². The largest absolute Gasteiger partial charge is 0.349 e. The minimum absolute atomic E-state index is 0.0826. The van der Waals surface area contributed by atoms with E-state index in [9.17, 15) is 9.59 Å². The second-order valence-electron chi connectivity index (χ2n) is 10.1. The van der Waals surface area contributed by atoms with E-state index in [2.05, 4.69) is 25.3 Å². The van der Waals surface area contributed by atoms with Crippen LogP contribution in [0.5, 0.6) is 0 Å². The summed E-state index contributed by atoms with van der Waals surface area (Å²) in [6.45, 7) is 4.42. The number of carbonyl (C=O) groups is 1. The van der Waals surface area contributed by atoms with Crippen molar-refractivity contribution >= 4 is 39.7 Å². The van der Waals surface area contributed by atoms with E-state index in [-0.39, 0.29) is 17.6 Å². The molecule has 9 nitrogen and oxygen atoms in total. The molecule has 1 saturated carbocycles. The minimum Gasteiger partial charge on any atom is -0.349 e. The van der Waals surface area contributed by atoms with Crippen LogP contribution in [0.2, 0.25) is 5.02 Å². The highest BCUT2D eigenvalue weighted by Gasteiger charge is 2.26. The fourth-order valence-electron chi connectivity index (χ4n) is 5.49. The summed E-state index contributed by atoms with van der Waals surface area (Å²) in [6.07, 6.45) is 10.4. The van der Waals surface area contributed by atoms with Gasteiger partial charge in [0, 0.05) is 36.6 Å². The third-order valence-corrected chi connectivity index (χ3v) is 7.80. The predicted octanol–water partition coefficient (Wildman–Crippen LogP) is 4.72. The topological polar surface area (TPSA) is 110 Å². The zero-order chi connectivity index (χ0) is 26.4. The van der Waals surface area contributed by atoms with Crippen molar-refractivity contribution in [1.29, 1.82) is 0 Å². The van der Waals surface area contributed by atoms with Gasteiger partial charge in [0.15, 0.2) is 5.65 Å². The number of H-pyrrole nitrogens is 1. The molecule has 5 heterocycles. The Balaban J connectivity index is 1.21. The first-order valence-electron chi connectivity index (χ1n) is 12.8. The molecular formula is C28H28ClN7O2. The molecule has 194 valence electrons. The molecule has 1 fully saturated rings. The van der Waals surface area contributed by atoms with Crippen LogP contribution < -0.4 is 11.0 Å². The van der Waals surface area contributed by atoms with Gasteiger partial charge in [-0.2, -0.15) is 0 Å². The summed E-state index contributed by atoms with van der Waals surface area (Å²) in [4.78, 5) is 42.9. The Kier molecular flexibility index (Phi) is 6.23. The summed E-state index contributed by atoms with van der Waals surface area (Å²) in [5.41, 5.74) is 5.05. The maximum absolute atomic E-state index is 13.7. The van der Waals surface area contributed by atoms with Crippen molar-refractivity contribution in [3.63, 3.8) is 0 Å². The van der Waals surface area contributed by atoms with E-state index in [0.717, 1.165) is 47.8 Å². The van der Waals surface area contributed by atoms with Gasteiger partial charge >= 0.3 is 5.69 Å². The molecule has 1 amide bonds. The molecule has 0 saturated heterocycles. The van der Waals surface area contributed by atoms with Gasteiger partial charge in [0.2, 0.25) is 0 Å². The number of hydrogen-bond acceptors (Lipinski definition) is 5. The average Bonchev–Trinajstić information content (AvgIpc) is 3.43. The molecule has 0 unspecified atom stereocenters. The molecule has 5 aromatic heterocycles. The fraction of sp³-hybridized carbons (Fsp3) is 0.321. The molecule has 0 aliphatic heterocycles. The summed E-state index contributed by atoms with van der Waals surface area (Å²) in [6, 6.07) is 7.53. The lowest BCUT2D eigenvalue weighted by molar-refractivity contribution is 0.0919. The van der Waals surface area contributed by atoms with Crippen LogP contribution in [0.3, 0.4) is 0 Å². The van der Waals surface area contributed by atoms with Crippen molar-refractivity contribution in [2.75, 3.05) is 0 Å². The number of aromatic nitrogens is 6. The molecule has 2 N–H and O–H groups in total. The third kappa shape index (κ3) is 4.36. The van der Waals surface area contributed by atoms with Crippen LogP contribution in [-0.2, 0) is 6.54 Å². The van der Waals surface area contributed by atoms with E-state index in [1.54, 1.807) is 36.1 Å². The van der Waals surface area contributed by atoms with Gasteiger partial charge in [0.05, 0.1) is 33.7 Å². The van der Waals surface area contributed by atoms with Gasteiger partial charge in [0.1, 0.15) is 5.65 Å². The molecule has 1 aliphatic carbocycles. The Morgan fingerprint density at radius 1 is 1.13 bits per heavy atom. The smallest absolute Gasteiger partial charge is 0.335 e. The molecular weight excluding hydrogens is 502 g/mol. The van der Waals surface area contributed by atoms with Crippen molar-refractivity contribution in [3.8, 4) is 5.69 Å². The molecule has 6 rings (SSSR count). The summed E-state index contributed by atoms with van der Waals surface area (Å²) >= 11 is 6.04. The van der Waals surface area contributed by atoms with Gasteiger partial charge in [-0.15, -0.1) is 0 Å². The van der Waals surface area contributed by atoms with Crippen molar-refractivity contribution in [3.05, 3.63) is 81.4 Å². The maximum atomic E-state index is 13.7. The van der Waals surface area contributed by atoms with E-state index in [0.29, 0.717) is 40.1 Å². The number of halogens is 1. The summed E-state index contributed by atoms with van der Waals surface area (Å²) in [5, 5.41) is 4.57. The minimum atomic E-state index is -0.144. The van der Waals surface area contributed by atoms with Crippen LogP contribution in [0.1, 0.15) is 47.3 Å². The number of rotatable bonds is 5. The van der Waals surface area contributed by atoms with Crippen molar-refractivity contribution in [1.82, 2.24) is 34.4 Å². The lowest BCUT2D eigenvalue weighted by Gasteiger charge is -2.29. The molecule has 0 spiro atoms. The standard InChI is InChI=1S/C28H28ClN7O2/c1-16-12-32-25-22(16)11-21(14-33-25)36-26-24(4-3-9-30-26)35(28(36)38)15-18-5-7-20(8-6-18)34-27(37)23-10-19(29)13-31-17(23)2/h3-4,9-14,18,20H,5-8,15H2,1-2H3,(H,32,33)(H,34,37)/t18-,20-. The molecule has 38 heavy (non-hydrogen) atoms. The van der Waals surface area contributed by atoms with Crippen molar-refractivity contribution in [2.24, 2.45) is 5.92 Å². The van der Waals surface area contributed by atoms with Gasteiger partial charge in [0.25, 0.3) is 5.91 Å². The van der Waals surface area contributed by atoms with Crippen LogP contribution in [-0.4, -0.2) is 41.0 Å². The average molecular weight is 530 g/mol. The lowest BCUT2D eigenvalue weighted by atomic mass is 9.85. The number of imidazole rings is 1. The monoisotopic (exact) mass is 529 g/mol. The number of carbonyl (C=O) groups excluding carboxylic acids is 1. The number of nitrogens with zero attached hydrogens (tertiary/aromatic N) is 5. The highest BCUT2D eigenvalue weighted by Crippen LogP contribution is 2.28. The van der Waals surface area contributed by atoms with Crippen molar-refractivity contribution in [2.45, 2.75) is 52.1 Å². The Bertz CT molecular complexity index is 1730. The maximum Gasteiger partial charge on any atom is 0.335 e. The van der Waals surface area contributed by atoms with Crippen LogP contribution in [0.4, 0.5) is 0 Å². The van der Waals surface area contributed by atoms with Gasteiger partial charge in [-0.1, -0.05) is 11.6 Å². The van der Waals surface area contributed by atoms with E-state index < -0.39 is 0 Å². The Morgan fingerprint density at radius 3 is 2.76 bits per heavy atom. The Labute approximate surface area is 223 Å². The van der Waals surface area contributed by atoms with Crippen LogP contribution in [0, 0.1) is 19.8 Å². The first-order valence-corrected chi connectivity index (χ1v) is 13.2. The van der Waals surface area contributed by atoms with Gasteiger partial charge in [-0.3, -0.25) is 14.3 Å². The fourth-order valence-corrected chi connectivity index (χ4v) is 5.65. The van der Waals surface area contributed by atoms with Crippen molar-refractivity contribution < 1.29 is 4.79 Å². The molecule has 10 heteroatoms. The molecule has 0 bridgehead atoms. The highest BCUT2D eigenvalue weighted by molar-refractivity contribution is 6.30. The Hall–Kier alpha value is -3.98. The quantitative estimate of drug-likeness (QED) is 0.342. The number of fused-ring (bicyclic) bond motifs is 2. The Morgan fingerprint density at radius 2 is 1.95 bits per heavy atom. The molecule has 0 radical (unpaired) electrons. The van der Waals surface area contributed by atoms with Crippen LogP contribution >= 0.6 is 11.6 Å². The van der Waals surface area contributed by atoms with E-state index in [4.69, 9.17) is 11.6 Å². The number of aryl methyl sites for hydroxylation is 2. The third-order valence-electron chi connectivity index (χ3n) is 7.59. The molecule has 5 aromatic rings. The number of aromatic amines is 1. The van der Waals surface area contributed by atoms with E-state index >= 15 is 0 Å². The van der Waals surface area contributed by atoms with Gasteiger partial charge < -0.3 is 10.3 Å². The van der Waals surface area contributed by atoms with E-state index in [1.165, 1.54) is 0 Å². The summed E-state index contributed by atoms with van der Waals surface area (Å²) in [7, 11) is 0. The summed E-state index contributed by atoms with van der Waals surface area (Å²) < 4.78 is 3.49. The first kappa shape index (κ1) is 24.4. The van der Waals surface area contributed by atoms with Crippen LogP contribution in [0.25, 0.3) is 27.9 Å².